The maximum atomic E-state index is 12.5. The standard InChI is InChI=1S/C19H16F2N2O4S/c1-12(17(24)22-13-6-2-3-7-15(13)27-19(20)21)26-18(25)16-14(8-11-28-16)23-9-4-5-10-23/h2-12,19H,1H3,(H,22,24)/t12-/m1/s1. The van der Waals surface area contributed by atoms with Crippen LogP contribution in [0.5, 0.6) is 5.75 Å². The molecule has 0 aliphatic carbocycles. The minimum absolute atomic E-state index is 0.0554. The Morgan fingerprint density at radius 1 is 1.11 bits per heavy atom. The Bertz CT molecular complexity index is 957. The van der Waals surface area contributed by atoms with E-state index in [0.29, 0.717) is 10.6 Å². The number of esters is 1. The van der Waals surface area contributed by atoms with Crippen molar-refractivity contribution < 1.29 is 27.8 Å². The summed E-state index contributed by atoms with van der Waals surface area (Å²) in [5.41, 5.74) is 0.697. The number of thiophene rings is 1. The van der Waals surface area contributed by atoms with Crippen LogP contribution < -0.4 is 10.1 Å². The van der Waals surface area contributed by atoms with Crippen molar-refractivity contribution in [1.82, 2.24) is 4.57 Å². The Hall–Kier alpha value is -3.20. The Balaban J connectivity index is 1.67. The van der Waals surface area contributed by atoms with E-state index in [9.17, 15) is 18.4 Å². The summed E-state index contributed by atoms with van der Waals surface area (Å²) in [6, 6.07) is 11.2. The summed E-state index contributed by atoms with van der Waals surface area (Å²) in [5.74, 6) is -1.51. The Kier molecular flexibility index (Phi) is 6.05. The molecule has 2 heterocycles. The van der Waals surface area contributed by atoms with Gasteiger partial charge in [0.25, 0.3) is 5.91 Å². The summed E-state index contributed by atoms with van der Waals surface area (Å²) in [4.78, 5) is 25.2. The lowest BCUT2D eigenvalue weighted by Crippen LogP contribution is -2.30. The Morgan fingerprint density at radius 3 is 2.54 bits per heavy atom. The van der Waals surface area contributed by atoms with Gasteiger partial charge in [0, 0.05) is 12.4 Å². The molecule has 0 unspecified atom stereocenters. The van der Waals surface area contributed by atoms with Gasteiger partial charge in [-0.1, -0.05) is 12.1 Å². The molecule has 146 valence electrons. The molecule has 0 aliphatic rings. The van der Waals surface area contributed by atoms with Gasteiger partial charge in [-0.05, 0) is 42.6 Å². The van der Waals surface area contributed by atoms with Crippen molar-refractivity contribution in [1.29, 1.82) is 0 Å². The third-order valence-corrected chi connectivity index (χ3v) is 4.61. The third kappa shape index (κ3) is 4.55. The summed E-state index contributed by atoms with van der Waals surface area (Å²) < 4.78 is 36.3. The van der Waals surface area contributed by atoms with Gasteiger partial charge in [0.05, 0.1) is 11.4 Å². The number of ether oxygens (including phenoxy) is 2. The number of rotatable bonds is 7. The first-order valence-electron chi connectivity index (χ1n) is 8.22. The van der Waals surface area contributed by atoms with Crippen molar-refractivity contribution in [3.8, 4) is 11.4 Å². The fraction of sp³-hybridized carbons (Fsp3) is 0.158. The lowest BCUT2D eigenvalue weighted by molar-refractivity contribution is -0.123. The van der Waals surface area contributed by atoms with E-state index >= 15 is 0 Å². The number of anilines is 1. The van der Waals surface area contributed by atoms with Crippen LogP contribution in [0.3, 0.4) is 0 Å². The molecule has 1 N–H and O–H groups in total. The van der Waals surface area contributed by atoms with Crippen molar-refractivity contribution in [2.45, 2.75) is 19.6 Å². The van der Waals surface area contributed by atoms with Crippen molar-refractivity contribution in [2.24, 2.45) is 0 Å². The topological polar surface area (TPSA) is 69.6 Å². The SMILES string of the molecule is C[C@@H](OC(=O)c1sccc1-n1cccc1)C(=O)Nc1ccccc1OC(F)F. The van der Waals surface area contributed by atoms with E-state index in [0.717, 1.165) is 0 Å². The number of alkyl halides is 2. The predicted molar refractivity (Wildman–Crippen MR) is 100 cm³/mol. The Labute approximate surface area is 163 Å². The van der Waals surface area contributed by atoms with E-state index in [1.165, 1.54) is 36.5 Å². The maximum absolute atomic E-state index is 12.5. The van der Waals surface area contributed by atoms with Crippen molar-refractivity contribution in [2.75, 3.05) is 5.32 Å². The number of amides is 1. The molecule has 0 saturated carbocycles. The van der Waals surface area contributed by atoms with Crippen LogP contribution in [0.2, 0.25) is 0 Å². The molecule has 6 nitrogen and oxygen atoms in total. The highest BCUT2D eigenvalue weighted by Crippen LogP contribution is 2.26. The molecular weight excluding hydrogens is 390 g/mol. The van der Waals surface area contributed by atoms with Gasteiger partial charge in [0.15, 0.2) is 6.10 Å². The lowest BCUT2D eigenvalue weighted by Gasteiger charge is -2.16. The first-order valence-corrected chi connectivity index (χ1v) is 9.10. The zero-order valence-corrected chi connectivity index (χ0v) is 15.5. The molecule has 0 radical (unpaired) electrons. The van der Waals surface area contributed by atoms with E-state index in [-0.39, 0.29) is 11.4 Å². The first kappa shape index (κ1) is 19.6. The number of hydrogen-bond acceptors (Lipinski definition) is 5. The van der Waals surface area contributed by atoms with Crippen LogP contribution in [0, 0.1) is 0 Å². The van der Waals surface area contributed by atoms with Gasteiger partial charge >= 0.3 is 12.6 Å². The molecular formula is C19H16F2N2O4S. The highest BCUT2D eigenvalue weighted by Gasteiger charge is 2.23. The summed E-state index contributed by atoms with van der Waals surface area (Å²) >= 11 is 1.19. The summed E-state index contributed by atoms with van der Waals surface area (Å²) in [7, 11) is 0. The van der Waals surface area contributed by atoms with Gasteiger partial charge in [-0.15, -0.1) is 11.3 Å². The molecule has 0 spiro atoms. The van der Waals surface area contributed by atoms with Gasteiger partial charge < -0.3 is 19.4 Å². The van der Waals surface area contributed by atoms with Gasteiger partial charge in [-0.25, -0.2) is 4.79 Å². The average Bonchev–Trinajstić information content (AvgIpc) is 3.34. The zero-order chi connectivity index (χ0) is 20.1. The third-order valence-electron chi connectivity index (χ3n) is 3.73. The number of carbonyl (C=O) groups excluding carboxylic acids is 2. The quantitative estimate of drug-likeness (QED) is 0.593. The van der Waals surface area contributed by atoms with Gasteiger partial charge in [-0.2, -0.15) is 8.78 Å². The van der Waals surface area contributed by atoms with E-state index in [1.807, 2.05) is 12.1 Å². The fourth-order valence-electron chi connectivity index (χ4n) is 2.42. The van der Waals surface area contributed by atoms with Gasteiger partial charge in [0.2, 0.25) is 0 Å². The number of carbonyl (C=O) groups is 2. The number of para-hydroxylation sites is 2. The second-order valence-corrected chi connectivity index (χ2v) is 6.55. The molecule has 1 aromatic carbocycles. The minimum Gasteiger partial charge on any atom is -0.448 e. The molecule has 2 aromatic heterocycles. The van der Waals surface area contributed by atoms with E-state index < -0.39 is 24.6 Å². The van der Waals surface area contributed by atoms with Gasteiger partial charge in [-0.3, -0.25) is 4.79 Å². The van der Waals surface area contributed by atoms with E-state index in [1.54, 1.807) is 34.5 Å². The molecule has 0 aliphatic heterocycles. The van der Waals surface area contributed by atoms with Crippen molar-refractivity contribution >= 4 is 28.9 Å². The molecule has 1 atom stereocenters. The van der Waals surface area contributed by atoms with Crippen molar-refractivity contribution in [3.63, 3.8) is 0 Å². The van der Waals surface area contributed by atoms with Crippen LogP contribution in [-0.2, 0) is 9.53 Å². The summed E-state index contributed by atoms with van der Waals surface area (Å²) in [6.07, 6.45) is 2.43. The first-order chi connectivity index (χ1) is 13.5. The van der Waals surface area contributed by atoms with Crippen LogP contribution in [0.1, 0.15) is 16.6 Å². The number of benzene rings is 1. The predicted octanol–water partition coefficient (Wildman–Crippen LogP) is 4.32. The molecule has 0 bridgehead atoms. The summed E-state index contributed by atoms with van der Waals surface area (Å²) in [5, 5.41) is 4.18. The molecule has 3 aromatic rings. The molecule has 9 heteroatoms. The molecule has 3 rings (SSSR count). The number of nitrogens with one attached hydrogen (secondary N) is 1. The fourth-order valence-corrected chi connectivity index (χ4v) is 3.20. The van der Waals surface area contributed by atoms with Gasteiger partial charge in [0.1, 0.15) is 10.6 Å². The van der Waals surface area contributed by atoms with Crippen LogP contribution >= 0.6 is 11.3 Å². The minimum atomic E-state index is -3.03. The monoisotopic (exact) mass is 406 g/mol. The molecule has 28 heavy (non-hydrogen) atoms. The molecule has 0 fully saturated rings. The number of halogens is 2. The van der Waals surface area contributed by atoms with Crippen molar-refractivity contribution in [3.05, 3.63) is 65.1 Å². The summed E-state index contributed by atoms with van der Waals surface area (Å²) in [6.45, 7) is -1.63. The van der Waals surface area contributed by atoms with Crippen LogP contribution in [0.15, 0.2) is 60.2 Å². The largest absolute Gasteiger partial charge is 0.448 e. The number of hydrogen-bond donors (Lipinski definition) is 1. The average molecular weight is 406 g/mol. The van der Waals surface area contributed by atoms with Crippen LogP contribution in [0.4, 0.5) is 14.5 Å². The zero-order valence-electron chi connectivity index (χ0n) is 14.7. The highest BCUT2D eigenvalue weighted by atomic mass is 32.1. The van der Waals surface area contributed by atoms with Crippen LogP contribution in [0.25, 0.3) is 5.69 Å². The molecule has 1 amide bonds. The smallest absolute Gasteiger partial charge is 0.387 e. The maximum Gasteiger partial charge on any atom is 0.387 e. The Morgan fingerprint density at radius 2 is 1.82 bits per heavy atom. The normalized spacial score (nSPS) is 11.9. The second kappa shape index (κ2) is 8.66. The number of aromatic nitrogens is 1. The lowest BCUT2D eigenvalue weighted by atomic mass is 10.2. The number of nitrogens with zero attached hydrogens (tertiary/aromatic N) is 1. The highest BCUT2D eigenvalue weighted by molar-refractivity contribution is 7.12. The van der Waals surface area contributed by atoms with Crippen LogP contribution in [-0.4, -0.2) is 29.2 Å². The molecule has 0 saturated heterocycles. The second-order valence-electron chi connectivity index (χ2n) is 5.64. The van der Waals surface area contributed by atoms with E-state index in [4.69, 9.17) is 4.74 Å². The van der Waals surface area contributed by atoms with E-state index in [2.05, 4.69) is 10.1 Å².